The van der Waals surface area contributed by atoms with Crippen LogP contribution in [0.1, 0.15) is 6.92 Å². The number of amides is 1. The molecule has 0 spiro atoms. The Morgan fingerprint density at radius 3 is 2.80 bits per heavy atom. The molecule has 2 heterocycles. The van der Waals surface area contributed by atoms with Crippen LogP contribution in [0.5, 0.6) is 0 Å². The van der Waals surface area contributed by atoms with Crippen molar-refractivity contribution in [3.8, 4) is 0 Å². The molecule has 0 radical (unpaired) electrons. The van der Waals surface area contributed by atoms with Crippen LogP contribution in [0.3, 0.4) is 0 Å². The van der Waals surface area contributed by atoms with Gasteiger partial charge in [-0.25, -0.2) is 9.97 Å². The van der Waals surface area contributed by atoms with Gasteiger partial charge in [-0.3, -0.25) is 4.79 Å². The number of nitrogens with zero attached hydrogens (tertiary/aromatic N) is 2. The lowest BCUT2D eigenvalue weighted by Gasteiger charge is -2.11. The summed E-state index contributed by atoms with van der Waals surface area (Å²) in [6, 6.07) is 7.08. The lowest BCUT2D eigenvalue weighted by molar-refractivity contribution is -0.115. The number of pyridine rings is 2. The molecule has 0 fully saturated rings. The summed E-state index contributed by atoms with van der Waals surface area (Å²) in [4.78, 5) is 20.2. The first-order valence-electron chi connectivity index (χ1n) is 5.76. The molecule has 1 N–H and O–H groups in total. The van der Waals surface area contributed by atoms with Gasteiger partial charge in [0.2, 0.25) is 5.91 Å². The first kappa shape index (κ1) is 15.1. The zero-order valence-electron chi connectivity index (χ0n) is 10.5. The van der Waals surface area contributed by atoms with Gasteiger partial charge in [0.05, 0.1) is 20.3 Å². The van der Waals surface area contributed by atoms with E-state index >= 15 is 0 Å². The van der Waals surface area contributed by atoms with Crippen LogP contribution in [-0.4, -0.2) is 21.1 Å². The maximum Gasteiger partial charge on any atom is 0.238 e. The largest absolute Gasteiger partial charge is 0.308 e. The van der Waals surface area contributed by atoms with Gasteiger partial charge in [-0.05, 0) is 25.1 Å². The van der Waals surface area contributed by atoms with E-state index in [-0.39, 0.29) is 11.2 Å². The van der Waals surface area contributed by atoms with E-state index in [9.17, 15) is 4.79 Å². The van der Waals surface area contributed by atoms with Crippen molar-refractivity contribution in [2.24, 2.45) is 0 Å². The summed E-state index contributed by atoms with van der Waals surface area (Å²) in [7, 11) is 0. The van der Waals surface area contributed by atoms with Crippen LogP contribution in [0, 0.1) is 0 Å². The van der Waals surface area contributed by atoms with Crippen molar-refractivity contribution in [1.29, 1.82) is 0 Å². The lowest BCUT2D eigenvalue weighted by atomic mass is 10.4. The fourth-order valence-electron chi connectivity index (χ4n) is 1.38. The number of aromatic nitrogens is 2. The molecule has 0 saturated carbocycles. The van der Waals surface area contributed by atoms with Gasteiger partial charge in [0.15, 0.2) is 5.82 Å². The molecule has 0 aromatic carbocycles. The third-order valence-electron chi connectivity index (χ3n) is 2.35. The molecule has 1 amide bonds. The number of carbonyl (C=O) groups excluding carboxylic acids is 1. The molecule has 7 heteroatoms. The molecule has 0 aliphatic heterocycles. The minimum absolute atomic E-state index is 0.197. The van der Waals surface area contributed by atoms with Crippen molar-refractivity contribution in [2.75, 3.05) is 5.32 Å². The highest BCUT2D eigenvalue weighted by atomic mass is 35.5. The summed E-state index contributed by atoms with van der Waals surface area (Å²) in [5.41, 5.74) is 0. The molecule has 2 rings (SSSR count). The van der Waals surface area contributed by atoms with Crippen LogP contribution in [-0.2, 0) is 4.79 Å². The first-order valence-corrected chi connectivity index (χ1v) is 7.39. The quantitative estimate of drug-likeness (QED) is 0.865. The summed E-state index contributed by atoms with van der Waals surface area (Å²) in [5, 5.41) is 3.86. The van der Waals surface area contributed by atoms with Gasteiger partial charge in [0.1, 0.15) is 0 Å². The van der Waals surface area contributed by atoms with Crippen molar-refractivity contribution in [3.05, 3.63) is 46.7 Å². The van der Waals surface area contributed by atoms with Gasteiger partial charge in [-0.15, -0.1) is 0 Å². The van der Waals surface area contributed by atoms with Gasteiger partial charge >= 0.3 is 0 Å². The Hall–Kier alpha value is -1.30. The summed E-state index contributed by atoms with van der Waals surface area (Å²) in [6.45, 7) is 1.79. The molecule has 104 valence electrons. The van der Waals surface area contributed by atoms with E-state index in [1.807, 2.05) is 18.2 Å². The number of hydrogen-bond acceptors (Lipinski definition) is 4. The highest BCUT2D eigenvalue weighted by Gasteiger charge is 2.16. The minimum Gasteiger partial charge on any atom is -0.308 e. The normalized spacial score (nSPS) is 11.9. The fraction of sp³-hybridized carbons (Fsp3) is 0.154. The lowest BCUT2D eigenvalue weighted by Crippen LogP contribution is -2.23. The summed E-state index contributed by atoms with van der Waals surface area (Å²) in [6.07, 6.45) is 3.12. The molecule has 4 nitrogen and oxygen atoms in total. The van der Waals surface area contributed by atoms with Crippen molar-refractivity contribution in [3.63, 3.8) is 0 Å². The number of anilines is 1. The van der Waals surface area contributed by atoms with E-state index in [0.29, 0.717) is 15.9 Å². The van der Waals surface area contributed by atoms with Gasteiger partial charge in [0, 0.05) is 12.4 Å². The van der Waals surface area contributed by atoms with Crippen LogP contribution in [0.4, 0.5) is 5.82 Å². The number of thioether (sulfide) groups is 1. The highest BCUT2D eigenvalue weighted by molar-refractivity contribution is 8.00. The topological polar surface area (TPSA) is 54.9 Å². The third kappa shape index (κ3) is 4.10. The summed E-state index contributed by atoms with van der Waals surface area (Å²) in [5.74, 6) is 0.104. The van der Waals surface area contributed by atoms with Crippen molar-refractivity contribution in [1.82, 2.24) is 9.97 Å². The average molecular weight is 328 g/mol. The standard InChI is InChI=1S/C13H11Cl2N3OS/c1-8(20-11-4-2-3-5-16-11)13(19)18-12-10(15)6-9(14)7-17-12/h2-8H,1H3,(H,17,18,19)/t8-/m0/s1. The molecule has 0 aliphatic rings. The van der Waals surface area contributed by atoms with Crippen LogP contribution in [0.25, 0.3) is 0 Å². The van der Waals surface area contributed by atoms with Crippen LogP contribution < -0.4 is 5.32 Å². The number of rotatable bonds is 4. The van der Waals surface area contributed by atoms with Crippen molar-refractivity contribution < 1.29 is 4.79 Å². The molecule has 1 atom stereocenters. The Bertz CT molecular complexity index is 610. The predicted octanol–water partition coefficient (Wildman–Crippen LogP) is 3.90. The Balaban J connectivity index is 2.01. The molecule has 2 aromatic rings. The van der Waals surface area contributed by atoms with Gasteiger partial charge in [-0.1, -0.05) is 41.0 Å². The van der Waals surface area contributed by atoms with Crippen LogP contribution in [0.2, 0.25) is 10.0 Å². The van der Waals surface area contributed by atoms with E-state index in [0.717, 1.165) is 5.03 Å². The Labute approximate surface area is 130 Å². The van der Waals surface area contributed by atoms with E-state index < -0.39 is 0 Å². The molecule has 0 unspecified atom stereocenters. The SMILES string of the molecule is C[C@H](Sc1ccccn1)C(=O)Nc1ncc(Cl)cc1Cl. The molecule has 0 aliphatic carbocycles. The smallest absolute Gasteiger partial charge is 0.238 e. The Morgan fingerprint density at radius 1 is 1.35 bits per heavy atom. The minimum atomic E-state index is -0.321. The van der Waals surface area contributed by atoms with Gasteiger partial charge in [-0.2, -0.15) is 0 Å². The zero-order chi connectivity index (χ0) is 14.5. The van der Waals surface area contributed by atoms with Crippen LogP contribution >= 0.6 is 35.0 Å². The fourth-order valence-corrected chi connectivity index (χ4v) is 2.61. The Kier molecular flexibility index (Phi) is 5.23. The Morgan fingerprint density at radius 2 is 2.15 bits per heavy atom. The number of nitrogens with one attached hydrogen (secondary N) is 1. The molecule has 0 saturated heterocycles. The third-order valence-corrected chi connectivity index (χ3v) is 3.90. The molecule has 2 aromatic heterocycles. The highest BCUT2D eigenvalue weighted by Crippen LogP contribution is 2.25. The summed E-state index contributed by atoms with van der Waals surface area (Å²) < 4.78 is 0. The predicted molar refractivity (Wildman–Crippen MR) is 82.4 cm³/mol. The number of halogens is 2. The molecule has 20 heavy (non-hydrogen) atoms. The summed E-state index contributed by atoms with van der Waals surface area (Å²) >= 11 is 13.1. The average Bonchev–Trinajstić information content (AvgIpc) is 2.43. The second-order valence-electron chi connectivity index (χ2n) is 3.90. The maximum absolute atomic E-state index is 12.1. The number of hydrogen-bond donors (Lipinski definition) is 1. The maximum atomic E-state index is 12.1. The van der Waals surface area contributed by atoms with E-state index in [1.54, 1.807) is 13.1 Å². The monoisotopic (exact) mass is 327 g/mol. The van der Waals surface area contributed by atoms with E-state index in [4.69, 9.17) is 23.2 Å². The van der Waals surface area contributed by atoms with E-state index in [2.05, 4.69) is 15.3 Å². The molecular formula is C13H11Cl2N3OS. The molecular weight excluding hydrogens is 317 g/mol. The van der Waals surface area contributed by atoms with Gasteiger partial charge < -0.3 is 5.32 Å². The van der Waals surface area contributed by atoms with Crippen LogP contribution in [0.15, 0.2) is 41.7 Å². The number of carbonyl (C=O) groups is 1. The van der Waals surface area contributed by atoms with E-state index in [1.165, 1.54) is 24.0 Å². The van der Waals surface area contributed by atoms with Crippen molar-refractivity contribution >= 4 is 46.7 Å². The second-order valence-corrected chi connectivity index (χ2v) is 6.11. The zero-order valence-corrected chi connectivity index (χ0v) is 12.8. The first-order chi connectivity index (χ1) is 9.56. The van der Waals surface area contributed by atoms with Crippen molar-refractivity contribution in [2.45, 2.75) is 17.2 Å². The molecule has 0 bridgehead atoms. The van der Waals surface area contributed by atoms with Gasteiger partial charge in [0.25, 0.3) is 0 Å². The second kappa shape index (κ2) is 6.92.